The number of benzene rings is 1. The Morgan fingerprint density at radius 3 is 2.89 bits per heavy atom. The molecule has 0 aliphatic rings. The van der Waals surface area contributed by atoms with Crippen molar-refractivity contribution in [1.82, 2.24) is 15.8 Å². The van der Waals surface area contributed by atoms with Crippen LogP contribution in [0.5, 0.6) is 0 Å². The first kappa shape index (κ1) is 12.3. The first-order chi connectivity index (χ1) is 8.70. The summed E-state index contributed by atoms with van der Waals surface area (Å²) in [7, 11) is 0. The van der Waals surface area contributed by atoms with Gasteiger partial charge in [0.15, 0.2) is 11.5 Å². The molecule has 0 aliphatic heterocycles. The van der Waals surface area contributed by atoms with E-state index < -0.39 is 0 Å². The molecule has 18 heavy (non-hydrogen) atoms. The molecule has 0 aliphatic carbocycles. The van der Waals surface area contributed by atoms with Gasteiger partial charge in [0.25, 0.3) is 0 Å². The van der Waals surface area contributed by atoms with Gasteiger partial charge in [0.2, 0.25) is 0 Å². The number of aliphatic imine (C=N–C) groups is 1. The van der Waals surface area contributed by atoms with Gasteiger partial charge in [0.1, 0.15) is 6.20 Å². The molecule has 0 unspecified atom stereocenters. The lowest BCUT2D eigenvalue weighted by molar-refractivity contribution is 0.234. The zero-order chi connectivity index (χ0) is 13.0. The van der Waals surface area contributed by atoms with Gasteiger partial charge in [-0.25, -0.2) is 9.62 Å². The van der Waals surface area contributed by atoms with E-state index in [-0.39, 0.29) is 5.84 Å². The van der Waals surface area contributed by atoms with Gasteiger partial charge in [-0.1, -0.05) is 31.1 Å². The molecule has 0 fully saturated rings. The van der Waals surface area contributed by atoms with Crippen LogP contribution < -0.4 is 5.48 Å². The molecule has 2 rings (SSSR count). The summed E-state index contributed by atoms with van der Waals surface area (Å²) in [5.74, 6) is 0.608. The van der Waals surface area contributed by atoms with Gasteiger partial charge in [0, 0.05) is 0 Å². The summed E-state index contributed by atoms with van der Waals surface area (Å²) in [5.41, 5.74) is 4.23. The molecule has 0 saturated carbocycles. The highest BCUT2D eigenvalue weighted by molar-refractivity contribution is 5.97. The van der Waals surface area contributed by atoms with Crippen LogP contribution in [0.15, 0.2) is 40.1 Å². The number of rotatable bonds is 3. The van der Waals surface area contributed by atoms with Crippen LogP contribution in [0.25, 0.3) is 0 Å². The summed E-state index contributed by atoms with van der Waals surface area (Å²) in [6.07, 6.45) is 1.37. The minimum absolute atomic E-state index is 0.192. The molecule has 1 aromatic carbocycles. The minimum atomic E-state index is 0.192. The second kappa shape index (κ2) is 5.42. The topological polar surface area (TPSA) is 83.5 Å². The average Bonchev–Trinajstić information content (AvgIpc) is 2.90. The maximum atomic E-state index is 9.05. The molecule has 1 aromatic heterocycles. The van der Waals surface area contributed by atoms with Gasteiger partial charge < -0.3 is 0 Å². The molecule has 0 atom stereocenters. The van der Waals surface area contributed by atoms with Crippen LogP contribution >= 0.6 is 0 Å². The van der Waals surface area contributed by atoms with Gasteiger partial charge in [-0.3, -0.25) is 10.7 Å². The minimum Gasteiger partial charge on any atom is -0.290 e. The molecule has 0 saturated heterocycles. The lowest BCUT2D eigenvalue weighted by atomic mass is 10.0. The number of nitrogens with one attached hydrogen (secondary N) is 1. The predicted octanol–water partition coefficient (Wildman–Crippen LogP) is 2.25. The van der Waals surface area contributed by atoms with Crippen molar-refractivity contribution in [3.05, 3.63) is 41.7 Å². The Morgan fingerprint density at radius 2 is 2.28 bits per heavy atom. The van der Waals surface area contributed by atoms with Crippen molar-refractivity contribution in [2.75, 3.05) is 0 Å². The van der Waals surface area contributed by atoms with E-state index in [0.717, 1.165) is 5.69 Å². The van der Waals surface area contributed by atoms with E-state index in [9.17, 15) is 0 Å². The van der Waals surface area contributed by atoms with Gasteiger partial charge in [-0.2, -0.15) is 0 Å². The molecular formula is C12H14N4O2. The Kier molecular flexibility index (Phi) is 3.69. The summed E-state index contributed by atoms with van der Waals surface area (Å²) in [4.78, 5) is 4.26. The Hall–Kier alpha value is -2.21. The van der Waals surface area contributed by atoms with Crippen LogP contribution in [0.4, 0.5) is 5.69 Å². The highest BCUT2D eigenvalue weighted by Crippen LogP contribution is 2.20. The zero-order valence-electron chi connectivity index (χ0n) is 10.2. The van der Waals surface area contributed by atoms with E-state index in [1.165, 1.54) is 11.8 Å². The fraction of sp³-hybridized carbons (Fsp3) is 0.250. The van der Waals surface area contributed by atoms with Gasteiger partial charge in [0.05, 0.1) is 5.69 Å². The van der Waals surface area contributed by atoms with Crippen LogP contribution in [-0.4, -0.2) is 21.4 Å². The number of aromatic nitrogens is 2. The summed E-state index contributed by atoms with van der Waals surface area (Å²) in [5, 5.41) is 16.1. The van der Waals surface area contributed by atoms with Crippen molar-refractivity contribution in [2.24, 2.45) is 4.99 Å². The van der Waals surface area contributed by atoms with E-state index >= 15 is 0 Å². The smallest absolute Gasteiger partial charge is 0.181 e. The Morgan fingerprint density at radius 1 is 1.44 bits per heavy atom. The van der Waals surface area contributed by atoms with Crippen molar-refractivity contribution in [1.29, 1.82) is 0 Å². The molecule has 6 nitrogen and oxygen atoms in total. The zero-order valence-corrected chi connectivity index (χ0v) is 10.2. The summed E-state index contributed by atoms with van der Waals surface area (Å²) in [6.45, 7) is 4.21. The molecule has 2 aromatic rings. The van der Waals surface area contributed by atoms with E-state index in [2.05, 4.69) is 33.8 Å². The normalized spacial score (nSPS) is 11.9. The summed E-state index contributed by atoms with van der Waals surface area (Å²) in [6, 6.07) is 7.75. The number of hydrogen-bond donors (Lipinski definition) is 2. The molecule has 2 N–H and O–H groups in total. The van der Waals surface area contributed by atoms with Gasteiger partial charge in [-0.05, 0) is 28.8 Å². The number of hydrogen-bond acceptors (Lipinski definition) is 5. The molecule has 0 spiro atoms. The van der Waals surface area contributed by atoms with E-state index in [1.807, 2.05) is 29.7 Å². The highest BCUT2D eigenvalue weighted by Gasteiger charge is 2.07. The monoisotopic (exact) mass is 246 g/mol. The lowest BCUT2D eigenvalue weighted by Gasteiger charge is -2.06. The second-order valence-corrected chi connectivity index (χ2v) is 4.11. The van der Waals surface area contributed by atoms with E-state index in [1.54, 1.807) is 0 Å². The molecule has 94 valence electrons. The molecule has 6 heteroatoms. The molecule has 1 heterocycles. The third kappa shape index (κ3) is 2.72. The van der Waals surface area contributed by atoms with Crippen LogP contribution in [0.2, 0.25) is 0 Å². The maximum absolute atomic E-state index is 9.05. The quantitative estimate of drug-likeness (QED) is 0.493. The Balaban J connectivity index is 2.33. The standard InChI is InChI=1S/C12H14N4O2/c1-8(2)9-4-3-5-10(6-9)14-12(15-17)11-7-13-18-16-11/h3-8,17H,1-2H3,(H,14,15). The molecule has 0 amide bonds. The van der Waals surface area contributed by atoms with Crippen molar-refractivity contribution < 1.29 is 9.84 Å². The number of nitrogens with zero attached hydrogens (tertiary/aromatic N) is 3. The maximum Gasteiger partial charge on any atom is 0.181 e. The van der Waals surface area contributed by atoms with Gasteiger partial charge >= 0.3 is 0 Å². The summed E-state index contributed by atoms with van der Waals surface area (Å²) >= 11 is 0. The summed E-state index contributed by atoms with van der Waals surface area (Å²) < 4.78 is 4.47. The first-order valence-electron chi connectivity index (χ1n) is 5.57. The average molecular weight is 246 g/mol. The first-order valence-corrected chi connectivity index (χ1v) is 5.57. The predicted molar refractivity (Wildman–Crippen MR) is 65.9 cm³/mol. The Bertz CT molecular complexity index is 535. The Labute approximate surface area is 104 Å². The van der Waals surface area contributed by atoms with Crippen LogP contribution in [0.1, 0.15) is 31.0 Å². The van der Waals surface area contributed by atoms with E-state index in [0.29, 0.717) is 11.6 Å². The molecular weight excluding hydrogens is 232 g/mol. The number of hydroxylamine groups is 1. The van der Waals surface area contributed by atoms with Crippen LogP contribution in [0, 0.1) is 0 Å². The SMILES string of the molecule is CC(C)c1cccc(N=C(NO)c2cnon2)c1. The molecule has 0 bridgehead atoms. The van der Waals surface area contributed by atoms with Crippen LogP contribution in [0.3, 0.4) is 0 Å². The second-order valence-electron chi connectivity index (χ2n) is 4.11. The third-order valence-electron chi connectivity index (χ3n) is 2.49. The van der Waals surface area contributed by atoms with Gasteiger partial charge in [-0.15, -0.1) is 0 Å². The highest BCUT2D eigenvalue weighted by atomic mass is 16.6. The lowest BCUT2D eigenvalue weighted by Crippen LogP contribution is -2.20. The van der Waals surface area contributed by atoms with Crippen molar-refractivity contribution in [3.8, 4) is 0 Å². The number of amidine groups is 1. The van der Waals surface area contributed by atoms with Crippen LogP contribution in [-0.2, 0) is 0 Å². The third-order valence-corrected chi connectivity index (χ3v) is 2.49. The fourth-order valence-corrected chi connectivity index (χ4v) is 1.49. The van der Waals surface area contributed by atoms with Crippen molar-refractivity contribution in [2.45, 2.75) is 19.8 Å². The fourth-order valence-electron chi connectivity index (χ4n) is 1.49. The van der Waals surface area contributed by atoms with Crippen molar-refractivity contribution >= 4 is 11.5 Å². The van der Waals surface area contributed by atoms with Crippen molar-refractivity contribution in [3.63, 3.8) is 0 Å². The van der Waals surface area contributed by atoms with E-state index in [4.69, 9.17) is 5.21 Å². The molecule has 0 radical (unpaired) electrons. The largest absolute Gasteiger partial charge is 0.290 e.